The number of anilines is 1. The van der Waals surface area contributed by atoms with Crippen LogP contribution in [-0.2, 0) is 14.3 Å². The number of hydrogen-bond donors (Lipinski definition) is 0. The molecule has 0 saturated carbocycles. The Labute approximate surface area is 201 Å². The fraction of sp³-hybridized carbons (Fsp3) is 0.250. The molecule has 2 unspecified atom stereocenters. The fourth-order valence-corrected chi connectivity index (χ4v) is 4.61. The van der Waals surface area contributed by atoms with Crippen molar-refractivity contribution in [3.63, 3.8) is 0 Å². The number of aryl methyl sites for hydroxylation is 1. The Kier molecular flexibility index (Phi) is 5.28. The van der Waals surface area contributed by atoms with Crippen molar-refractivity contribution >= 4 is 46.9 Å². The van der Waals surface area contributed by atoms with Crippen LogP contribution in [0, 0.1) is 6.92 Å². The van der Waals surface area contributed by atoms with Gasteiger partial charge in [-0.25, -0.2) is 9.79 Å². The summed E-state index contributed by atoms with van der Waals surface area (Å²) < 4.78 is 4.68. The molecule has 5 rings (SSSR count). The standard InChI is InChI=1S/C24H22ClN5O4/c1-14-9-10-16(25)11-17(14)30-18(15-7-5-4-6-8-15)12-28-20-21(26-23(28)30)27(2)24(33)29(22(20)32)13-19(31)34-3/h4-12,20-21H,13H2,1-3H3. The number of carbonyl (C=O) groups excluding carboxylic acids is 3. The van der Waals surface area contributed by atoms with E-state index >= 15 is 0 Å². The molecule has 3 heterocycles. The van der Waals surface area contributed by atoms with E-state index in [1.165, 1.54) is 12.0 Å². The summed E-state index contributed by atoms with van der Waals surface area (Å²) in [5, 5.41) is 0.565. The monoisotopic (exact) mass is 479 g/mol. The summed E-state index contributed by atoms with van der Waals surface area (Å²) in [5.41, 5.74) is 3.52. The molecule has 3 aliphatic rings. The quantitative estimate of drug-likeness (QED) is 0.627. The zero-order valence-electron chi connectivity index (χ0n) is 18.8. The predicted molar refractivity (Wildman–Crippen MR) is 127 cm³/mol. The summed E-state index contributed by atoms with van der Waals surface area (Å²) in [4.78, 5) is 49.0. The lowest BCUT2D eigenvalue weighted by Gasteiger charge is -2.39. The Morgan fingerprint density at radius 2 is 1.88 bits per heavy atom. The number of guanidine groups is 1. The van der Waals surface area contributed by atoms with Crippen molar-refractivity contribution in [2.75, 3.05) is 25.6 Å². The van der Waals surface area contributed by atoms with E-state index in [0.717, 1.165) is 27.4 Å². The van der Waals surface area contributed by atoms with E-state index in [1.54, 1.807) is 11.9 Å². The lowest BCUT2D eigenvalue weighted by molar-refractivity contribution is -0.148. The topological polar surface area (TPSA) is 85.8 Å². The number of imide groups is 1. The van der Waals surface area contributed by atoms with E-state index in [9.17, 15) is 14.4 Å². The number of aliphatic imine (C=N–C) groups is 1. The highest BCUT2D eigenvalue weighted by molar-refractivity contribution is 6.31. The Bertz CT molecular complexity index is 1260. The van der Waals surface area contributed by atoms with Gasteiger partial charge in [-0.15, -0.1) is 0 Å². The Morgan fingerprint density at radius 3 is 2.59 bits per heavy atom. The normalized spacial score (nSPS) is 21.4. The van der Waals surface area contributed by atoms with Crippen LogP contribution in [0.15, 0.2) is 59.7 Å². The lowest BCUT2D eigenvalue weighted by atomic mass is 10.1. The summed E-state index contributed by atoms with van der Waals surface area (Å²) in [6.45, 7) is 1.51. The number of esters is 1. The van der Waals surface area contributed by atoms with Crippen LogP contribution < -0.4 is 4.90 Å². The number of amides is 3. The van der Waals surface area contributed by atoms with Gasteiger partial charge in [0.2, 0.25) is 5.96 Å². The Balaban J connectivity index is 1.62. The second-order valence-electron chi connectivity index (χ2n) is 8.24. The average molecular weight is 480 g/mol. The van der Waals surface area contributed by atoms with Crippen molar-refractivity contribution in [1.29, 1.82) is 0 Å². The third-order valence-electron chi connectivity index (χ3n) is 6.21. The molecule has 0 N–H and O–H groups in total. The minimum absolute atomic E-state index is 0.461. The molecule has 3 amide bonds. The first-order chi connectivity index (χ1) is 16.3. The van der Waals surface area contributed by atoms with Crippen molar-refractivity contribution in [2.45, 2.75) is 19.1 Å². The van der Waals surface area contributed by atoms with Crippen molar-refractivity contribution < 1.29 is 19.1 Å². The number of hydrogen-bond acceptors (Lipinski definition) is 7. The van der Waals surface area contributed by atoms with Crippen LogP contribution in [0.25, 0.3) is 5.70 Å². The number of nitrogens with zero attached hydrogens (tertiary/aromatic N) is 5. The molecule has 0 aromatic heterocycles. The van der Waals surface area contributed by atoms with Crippen LogP contribution in [0.3, 0.4) is 0 Å². The van der Waals surface area contributed by atoms with Crippen LogP contribution in [-0.4, -0.2) is 71.5 Å². The zero-order chi connectivity index (χ0) is 24.1. The van der Waals surface area contributed by atoms with Gasteiger partial charge in [0, 0.05) is 23.8 Å². The minimum Gasteiger partial charge on any atom is -0.468 e. The van der Waals surface area contributed by atoms with Crippen molar-refractivity contribution in [1.82, 2.24) is 14.7 Å². The molecule has 0 aliphatic carbocycles. The van der Waals surface area contributed by atoms with Crippen molar-refractivity contribution in [2.24, 2.45) is 4.99 Å². The fourth-order valence-electron chi connectivity index (χ4n) is 4.45. The molecular weight excluding hydrogens is 458 g/mol. The van der Waals surface area contributed by atoms with Crippen LogP contribution >= 0.6 is 11.6 Å². The molecule has 1 saturated heterocycles. The van der Waals surface area contributed by atoms with Gasteiger partial charge in [0.25, 0.3) is 5.91 Å². The number of ether oxygens (including phenoxy) is 1. The number of methoxy groups -OCH3 is 1. The number of urea groups is 1. The van der Waals surface area contributed by atoms with Crippen molar-refractivity contribution in [3.05, 3.63) is 70.9 Å². The molecule has 174 valence electrons. The second-order valence-corrected chi connectivity index (χ2v) is 8.67. The van der Waals surface area contributed by atoms with E-state index in [1.807, 2.05) is 66.6 Å². The molecule has 9 nitrogen and oxygen atoms in total. The molecule has 0 spiro atoms. The van der Waals surface area contributed by atoms with Gasteiger partial charge in [-0.05, 0) is 24.6 Å². The van der Waals surface area contributed by atoms with Gasteiger partial charge in [-0.2, -0.15) is 0 Å². The summed E-state index contributed by atoms with van der Waals surface area (Å²) in [6.07, 6.45) is 1.12. The average Bonchev–Trinajstić information content (AvgIpc) is 3.39. The van der Waals surface area contributed by atoms with Crippen LogP contribution in [0.1, 0.15) is 11.1 Å². The predicted octanol–water partition coefficient (Wildman–Crippen LogP) is 2.90. The third kappa shape index (κ3) is 3.31. The van der Waals surface area contributed by atoms with E-state index in [-0.39, 0.29) is 0 Å². The van der Waals surface area contributed by atoms with E-state index in [0.29, 0.717) is 11.0 Å². The second kappa shape index (κ2) is 8.18. The maximum Gasteiger partial charge on any atom is 0.328 e. The molecular formula is C24H22ClN5O4. The van der Waals surface area contributed by atoms with Crippen LogP contribution in [0.2, 0.25) is 5.02 Å². The molecule has 0 radical (unpaired) electrons. The van der Waals surface area contributed by atoms with E-state index in [4.69, 9.17) is 16.6 Å². The smallest absolute Gasteiger partial charge is 0.328 e. The largest absolute Gasteiger partial charge is 0.468 e. The minimum atomic E-state index is -0.814. The molecule has 34 heavy (non-hydrogen) atoms. The first-order valence-corrected chi connectivity index (χ1v) is 11.0. The van der Waals surface area contributed by atoms with E-state index < -0.39 is 36.7 Å². The van der Waals surface area contributed by atoms with Gasteiger partial charge in [0.15, 0.2) is 12.2 Å². The summed E-state index contributed by atoms with van der Waals surface area (Å²) in [7, 11) is 2.78. The summed E-state index contributed by atoms with van der Waals surface area (Å²) in [5.74, 6) is -0.677. The van der Waals surface area contributed by atoms with Gasteiger partial charge in [-0.3, -0.25) is 24.3 Å². The van der Waals surface area contributed by atoms with E-state index in [2.05, 4.69) is 4.74 Å². The van der Waals surface area contributed by atoms with Gasteiger partial charge in [-0.1, -0.05) is 48.0 Å². The molecule has 0 bridgehead atoms. The first-order valence-electron chi connectivity index (χ1n) is 10.7. The molecule has 2 atom stereocenters. The van der Waals surface area contributed by atoms with Crippen LogP contribution in [0.5, 0.6) is 0 Å². The maximum atomic E-state index is 13.5. The Hall–Kier alpha value is -3.85. The molecule has 1 fully saturated rings. The lowest BCUT2D eigenvalue weighted by Crippen LogP contribution is -2.65. The maximum absolute atomic E-state index is 13.5. The van der Waals surface area contributed by atoms with Gasteiger partial charge in [0.1, 0.15) is 6.54 Å². The highest BCUT2D eigenvalue weighted by atomic mass is 35.5. The summed E-state index contributed by atoms with van der Waals surface area (Å²) >= 11 is 6.34. The molecule has 2 aromatic rings. The van der Waals surface area contributed by atoms with Crippen molar-refractivity contribution in [3.8, 4) is 0 Å². The van der Waals surface area contributed by atoms with Gasteiger partial charge < -0.3 is 9.64 Å². The zero-order valence-corrected chi connectivity index (χ0v) is 19.6. The number of rotatable bonds is 4. The molecule has 2 aromatic carbocycles. The number of halogens is 1. The SMILES string of the molecule is COC(=O)CN1C(=O)C2C(N=C3N(c4cc(Cl)ccc4C)C(c4ccccc4)=CN32)N(C)C1=O. The third-order valence-corrected chi connectivity index (χ3v) is 6.44. The van der Waals surface area contributed by atoms with Gasteiger partial charge in [0.05, 0.1) is 18.5 Å². The number of carbonyl (C=O) groups is 3. The summed E-state index contributed by atoms with van der Waals surface area (Å²) in [6, 6.07) is 13.9. The number of fused-ring (bicyclic) bond motifs is 3. The highest BCUT2D eigenvalue weighted by Gasteiger charge is 2.55. The van der Waals surface area contributed by atoms with Gasteiger partial charge >= 0.3 is 12.0 Å². The first kappa shape index (κ1) is 22.0. The van der Waals surface area contributed by atoms with Crippen LogP contribution in [0.4, 0.5) is 10.5 Å². The number of benzene rings is 2. The highest BCUT2D eigenvalue weighted by Crippen LogP contribution is 2.41. The molecule has 3 aliphatic heterocycles. The molecule has 10 heteroatoms. The number of likely N-dealkylation sites (N-methyl/N-ethyl adjacent to an activating group) is 1. The Morgan fingerprint density at radius 1 is 1.15 bits per heavy atom.